The minimum absolute atomic E-state index is 0. The minimum atomic E-state index is -2.62. The Morgan fingerprint density at radius 2 is 1.44 bits per heavy atom. The molecular formula is H2B2Li2O5. The van der Waals surface area contributed by atoms with E-state index >= 15 is 0 Å². The standard InChI is InChI=1S/B2H2O5.2Li/c3-1(4)7-2(5)6;;/h3-4H;;/q-2;2*+1. The quantitative estimate of drug-likeness (QED) is 0.350. The third kappa shape index (κ3) is 17.6. The first-order valence-electron chi connectivity index (χ1n) is 1.46. The van der Waals surface area contributed by atoms with Gasteiger partial charge >= 0.3 is 45.0 Å². The zero-order valence-corrected chi connectivity index (χ0v) is 5.27. The molecule has 0 saturated heterocycles. The van der Waals surface area contributed by atoms with Crippen LogP contribution in [0.2, 0.25) is 0 Å². The fourth-order valence-corrected chi connectivity index (χ4v) is 0.0994. The molecule has 2 N–H and O–H groups in total. The van der Waals surface area contributed by atoms with Crippen LogP contribution in [0.15, 0.2) is 0 Å². The van der Waals surface area contributed by atoms with Crippen LogP contribution in [0.5, 0.6) is 0 Å². The smallest absolute Gasteiger partial charge is 0.872 e. The third-order valence-electron chi connectivity index (χ3n) is 0.233. The molecule has 0 aromatic rings. The predicted molar refractivity (Wildman–Crippen MR) is 17.0 cm³/mol. The van der Waals surface area contributed by atoms with E-state index in [0.29, 0.717) is 0 Å². The Morgan fingerprint density at radius 1 is 1.11 bits per heavy atom. The summed E-state index contributed by atoms with van der Waals surface area (Å²) in [6, 6.07) is 0. The van der Waals surface area contributed by atoms with Crippen molar-refractivity contribution in [2.45, 2.75) is 0 Å². The summed E-state index contributed by atoms with van der Waals surface area (Å²) in [5.74, 6) is 0. The van der Waals surface area contributed by atoms with Gasteiger partial charge in [0.25, 0.3) is 0 Å². The van der Waals surface area contributed by atoms with E-state index in [2.05, 4.69) is 4.57 Å². The van der Waals surface area contributed by atoms with Crippen molar-refractivity contribution in [3.8, 4) is 0 Å². The van der Waals surface area contributed by atoms with Crippen LogP contribution in [0.4, 0.5) is 0 Å². The molecule has 0 rings (SSSR count). The van der Waals surface area contributed by atoms with Crippen LogP contribution < -0.4 is 47.8 Å². The summed E-state index contributed by atoms with van der Waals surface area (Å²) in [4.78, 5) is 0. The van der Waals surface area contributed by atoms with Gasteiger partial charge in [-0.15, -0.1) is 0 Å². The zero-order chi connectivity index (χ0) is 5.86. The largest absolute Gasteiger partial charge is 1.00 e. The van der Waals surface area contributed by atoms with Crippen molar-refractivity contribution in [1.29, 1.82) is 0 Å². The molecule has 40 valence electrons. The van der Waals surface area contributed by atoms with Gasteiger partial charge < -0.3 is 24.7 Å². The minimum Gasteiger partial charge on any atom is -0.872 e. The van der Waals surface area contributed by atoms with Crippen LogP contribution in [0.3, 0.4) is 0 Å². The number of hydrogen-bond donors (Lipinski definition) is 2. The van der Waals surface area contributed by atoms with E-state index in [1.807, 2.05) is 0 Å². The second kappa shape index (κ2) is 9.12. The molecule has 9 heteroatoms. The van der Waals surface area contributed by atoms with E-state index in [9.17, 15) is 10.0 Å². The first kappa shape index (κ1) is 16.6. The molecule has 9 heavy (non-hydrogen) atoms. The van der Waals surface area contributed by atoms with Gasteiger partial charge in [0.2, 0.25) is 0 Å². The average molecular weight is 118 g/mol. The van der Waals surface area contributed by atoms with E-state index in [0.717, 1.165) is 0 Å². The van der Waals surface area contributed by atoms with Gasteiger partial charge in [0.15, 0.2) is 0 Å². The summed E-state index contributed by atoms with van der Waals surface area (Å²) in [7, 11) is -4.88. The van der Waals surface area contributed by atoms with Crippen LogP contribution >= 0.6 is 0 Å². The Balaban J connectivity index is -0.000000180. The number of hydrogen-bond acceptors (Lipinski definition) is 5. The van der Waals surface area contributed by atoms with E-state index in [1.54, 1.807) is 0 Å². The van der Waals surface area contributed by atoms with E-state index in [-0.39, 0.29) is 37.7 Å². The van der Waals surface area contributed by atoms with Crippen molar-refractivity contribution in [3.63, 3.8) is 0 Å². The molecule has 0 fully saturated rings. The maximum Gasteiger partial charge on any atom is 1.00 e. The molecule has 0 saturated carbocycles. The Hall–Kier alpha value is 1.12. The molecule has 0 aromatic carbocycles. The van der Waals surface area contributed by atoms with E-state index < -0.39 is 14.6 Å². The summed E-state index contributed by atoms with van der Waals surface area (Å²) in [6.45, 7) is 0. The van der Waals surface area contributed by atoms with Crippen molar-refractivity contribution in [2.24, 2.45) is 0 Å². The topological polar surface area (TPSA) is 95.8 Å². The van der Waals surface area contributed by atoms with Crippen molar-refractivity contribution >= 4 is 14.6 Å². The molecule has 5 nitrogen and oxygen atoms in total. The molecule has 0 bridgehead atoms. The Kier molecular flexibility index (Phi) is 16.8. The Bertz CT molecular complexity index is 42.2. The van der Waals surface area contributed by atoms with Gasteiger partial charge in [-0.05, 0) is 0 Å². The first-order chi connectivity index (χ1) is 3.13. The van der Waals surface area contributed by atoms with Gasteiger partial charge in [-0.2, -0.15) is 0 Å². The normalized spacial score (nSPS) is 6.67. The molecular weight excluding hydrogens is 116 g/mol. The van der Waals surface area contributed by atoms with Gasteiger partial charge in [0, 0.05) is 7.32 Å². The van der Waals surface area contributed by atoms with Crippen LogP contribution in [0.1, 0.15) is 0 Å². The monoisotopic (exact) mass is 118 g/mol. The van der Waals surface area contributed by atoms with Gasteiger partial charge in [-0.25, -0.2) is 0 Å². The molecule has 0 aliphatic carbocycles. The Morgan fingerprint density at radius 3 is 1.44 bits per heavy atom. The molecule has 0 unspecified atom stereocenters. The maximum absolute atomic E-state index is 9.24. The summed E-state index contributed by atoms with van der Waals surface area (Å²) >= 11 is 0. The molecule has 0 amide bonds. The Labute approximate surface area is 77.1 Å². The molecule has 0 spiro atoms. The average Bonchev–Trinajstić information content (AvgIpc) is 1.27. The molecule has 0 atom stereocenters. The van der Waals surface area contributed by atoms with Gasteiger partial charge in [-0.1, -0.05) is 0 Å². The van der Waals surface area contributed by atoms with Crippen molar-refractivity contribution in [3.05, 3.63) is 0 Å². The summed E-state index contributed by atoms with van der Waals surface area (Å²) in [5.41, 5.74) is 0. The van der Waals surface area contributed by atoms with Crippen LogP contribution in [-0.4, -0.2) is 24.7 Å². The second-order valence-corrected chi connectivity index (χ2v) is 0.751. The van der Waals surface area contributed by atoms with Crippen molar-refractivity contribution < 1.29 is 62.4 Å². The first-order valence-corrected chi connectivity index (χ1v) is 1.46. The fourth-order valence-electron chi connectivity index (χ4n) is 0.0994. The van der Waals surface area contributed by atoms with Crippen LogP contribution in [-0.2, 0) is 4.57 Å². The molecule has 0 aliphatic rings. The van der Waals surface area contributed by atoms with Crippen LogP contribution in [0, 0.1) is 0 Å². The van der Waals surface area contributed by atoms with Gasteiger partial charge in [0.1, 0.15) is 0 Å². The summed E-state index contributed by atoms with van der Waals surface area (Å²) < 4.78 is 3.25. The molecule has 0 radical (unpaired) electrons. The SMILES string of the molecule is [Li+].[Li+].[O-]B([O-])OB(O)O. The maximum atomic E-state index is 9.24. The molecule has 0 aromatic heterocycles. The van der Waals surface area contributed by atoms with Gasteiger partial charge in [0.05, 0.1) is 0 Å². The van der Waals surface area contributed by atoms with Crippen LogP contribution in [0.25, 0.3) is 0 Å². The zero-order valence-electron chi connectivity index (χ0n) is 5.27. The predicted octanol–water partition coefficient (Wildman–Crippen LogP) is -10.3. The molecule has 0 aliphatic heterocycles. The number of rotatable bonds is 2. The van der Waals surface area contributed by atoms with Crippen molar-refractivity contribution in [2.75, 3.05) is 0 Å². The summed E-state index contributed by atoms with van der Waals surface area (Å²) in [6.07, 6.45) is 0. The fraction of sp³-hybridized carbons (Fsp3) is 0. The molecule has 0 heterocycles. The second-order valence-electron chi connectivity index (χ2n) is 0.751. The summed E-state index contributed by atoms with van der Waals surface area (Å²) in [5, 5.41) is 33.8. The van der Waals surface area contributed by atoms with E-state index in [4.69, 9.17) is 10.0 Å². The van der Waals surface area contributed by atoms with Gasteiger partial charge in [-0.3, -0.25) is 0 Å². The van der Waals surface area contributed by atoms with Crippen molar-refractivity contribution in [1.82, 2.24) is 0 Å². The van der Waals surface area contributed by atoms with E-state index in [1.165, 1.54) is 0 Å². The third-order valence-corrected chi connectivity index (χ3v) is 0.233.